The molecule has 0 radical (unpaired) electrons. The van der Waals surface area contributed by atoms with Gasteiger partial charge in [0, 0.05) is 24.1 Å². The number of hydrogen-bond donors (Lipinski definition) is 0. The zero-order valence-corrected chi connectivity index (χ0v) is 21.0. The molecule has 0 saturated heterocycles. The standard InChI is InChI=1S/C25H23FN3OS3/c1-4-29-22(14-21-28(11-12-31-21)15-17-8-6-5-7-16(17)2)33-23(24(29)30)25-27(3)19-10-9-18(26)13-20(19)32-25/h5-14H,4,15H2,1-3H3/q+1. The summed E-state index contributed by atoms with van der Waals surface area (Å²) in [6.07, 6.45) is 4.20. The predicted octanol–water partition coefficient (Wildman–Crippen LogP) is 3.91. The van der Waals surface area contributed by atoms with Gasteiger partial charge in [-0.2, -0.15) is 4.57 Å². The molecular formula is C25H23FN3OS3+. The summed E-state index contributed by atoms with van der Waals surface area (Å²) in [6.45, 7) is 5.50. The number of aromatic nitrogens is 2. The van der Waals surface area contributed by atoms with Crippen LogP contribution in [0.3, 0.4) is 0 Å². The first-order valence-electron chi connectivity index (χ1n) is 10.6. The molecule has 1 aliphatic heterocycles. The van der Waals surface area contributed by atoms with Gasteiger partial charge in [-0.05, 0) is 37.6 Å². The molecule has 33 heavy (non-hydrogen) atoms. The fourth-order valence-corrected chi connectivity index (χ4v) is 7.27. The van der Waals surface area contributed by atoms with E-state index in [2.05, 4.69) is 53.4 Å². The van der Waals surface area contributed by atoms with E-state index >= 15 is 0 Å². The molecule has 1 aliphatic rings. The Balaban J connectivity index is 1.61. The number of anilines is 1. The highest BCUT2D eigenvalue weighted by atomic mass is 32.2. The molecule has 4 aromatic rings. The summed E-state index contributed by atoms with van der Waals surface area (Å²) in [5.41, 5.74) is 3.46. The van der Waals surface area contributed by atoms with Crippen molar-refractivity contribution in [3.05, 3.63) is 95.5 Å². The first kappa shape index (κ1) is 22.1. The van der Waals surface area contributed by atoms with Crippen molar-refractivity contribution >= 4 is 51.2 Å². The van der Waals surface area contributed by atoms with E-state index < -0.39 is 0 Å². The average molecular weight is 497 g/mol. The monoisotopic (exact) mass is 496 g/mol. The van der Waals surface area contributed by atoms with Crippen LogP contribution in [0.5, 0.6) is 0 Å². The van der Waals surface area contributed by atoms with Gasteiger partial charge >= 0.3 is 0 Å². The second-order valence-corrected chi connectivity index (χ2v) is 10.8. The van der Waals surface area contributed by atoms with Crippen LogP contribution in [0.4, 0.5) is 10.1 Å². The van der Waals surface area contributed by atoms with Crippen LogP contribution in [-0.2, 0) is 13.1 Å². The maximum Gasteiger partial charge on any atom is 0.271 e. The molecule has 0 amide bonds. The molecule has 0 N–H and O–H groups in total. The highest BCUT2D eigenvalue weighted by Crippen LogP contribution is 2.45. The maximum absolute atomic E-state index is 13.7. The molecule has 4 nitrogen and oxygen atoms in total. The lowest BCUT2D eigenvalue weighted by Gasteiger charge is -2.12. The van der Waals surface area contributed by atoms with Gasteiger partial charge in [-0.3, -0.25) is 9.36 Å². The first-order valence-corrected chi connectivity index (χ1v) is 13.2. The van der Waals surface area contributed by atoms with Crippen molar-refractivity contribution in [1.29, 1.82) is 0 Å². The topological polar surface area (TPSA) is 29.1 Å². The van der Waals surface area contributed by atoms with Gasteiger partial charge in [-0.1, -0.05) is 47.4 Å². The lowest BCUT2D eigenvalue weighted by atomic mass is 10.1. The van der Waals surface area contributed by atoms with Crippen LogP contribution < -0.4 is 24.2 Å². The highest BCUT2D eigenvalue weighted by molar-refractivity contribution is 8.08. The SMILES string of the molecule is CCn1c(=Cc2scc[n+]2Cc2ccccc2C)sc(=C2Sc3cc(F)ccc3N2C)c1=O. The van der Waals surface area contributed by atoms with Gasteiger partial charge in [0.05, 0.1) is 17.1 Å². The summed E-state index contributed by atoms with van der Waals surface area (Å²) in [5, 5.41) is 4.02. The first-order chi connectivity index (χ1) is 16.0. The average Bonchev–Trinajstić information content (AvgIpc) is 3.46. The smallest absolute Gasteiger partial charge is 0.271 e. The van der Waals surface area contributed by atoms with Gasteiger partial charge < -0.3 is 4.90 Å². The molecule has 5 rings (SSSR count). The van der Waals surface area contributed by atoms with Crippen molar-refractivity contribution in [2.45, 2.75) is 31.8 Å². The van der Waals surface area contributed by atoms with Gasteiger partial charge in [0.2, 0.25) is 0 Å². The van der Waals surface area contributed by atoms with Gasteiger partial charge in [-0.25, -0.2) is 4.39 Å². The summed E-state index contributed by atoms with van der Waals surface area (Å²) in [7, 11) is 1.93. The minimum atomic E-state index is -0.266. The summed E-state index contributed by atoms with van der Waals surface area (Å²) >= 11 is 4.62. The molecule has 0 aliphatic carbocycles. The molecule has 2 aromatic carbocycles. The Bertz CT molecular complexity index is 1530. The number of rotatable bonds is 4. The molecule has 168 valence electrons. The second-order valence-electron chi connectivity index (χ2n) is 7.84. The Morgan fingerprint density at radius 1 is 1.18 bits per heavy atom. The second kappa shape index (κ2) is 8.93. The number of halogens is 1. The third-order valence-corrected chi connectivity index (χ3v) is 9.10. The number of fused-ring (bicyclic) bond motifs is 1. The normalized spacial score (nSPS) is 15.4. The predicted molar refractivity (Wildman–Crippen MR) is 136 cm³/mol. The van der Waals surface area contributed by atoms with Crippen molar-refractivity contribution in [1.82, 2.24) is 4.57 Å². The van der Waals surface area contributed by atoms with Crippen LogP contribution in [0, 0.1) is 12.7 Å². The van der Waals surface area contributed by atoms with Crippen molar-refractivity contribution < 1.29 is 8.96 Å². The zero-order valence-electron chi connectivity index (χ0n) is 18.5. The number of thiazole rings is 2. The van der Waals surface area contributed by atoms with E-state index in [9.17, 15) is 9.18 Å². The molecule has 0 atom stereocenters. The van der Waals surface area contributed by atoms with Gasteiger partial charge in [0.1, 0.15) is 20.0 Å². The van der Waals surface area contributed by atoms with Crippen molar-refractivity contribution in [2.24, 2.45) is 0 Å². The molecular weight excluding hydrogens is 473 g/mol. The van der Waals surface area contributed by atoms with Gasteiger partial charge in [0.25, 0.3) is 10.6 Å². The van der Waals surface area contributed by atoms with Crippen LogP contribution in [0.15, 0.2) is 63.7 Å². The molecule has 0 unspecified atom stereocenters. The molecule has 0 fully saturated rings. The molecule has 0 bridgehead atoms. The largest absolute Gasteiger partial charge is 0.337 e. The molecule has 0 saturated carbocycles. The summed E-state index contributed by atoms with van der Waals surface area (Å²) in [5.74, 6) is -0.266. The van der Waals surface area contributed by atoms with Gasteiger partial charge in [-0.15, -0.1) is 11.3 Å². The van der Waals surface area contributed by atoms with Crippen LogP contribution >= 0.6 is 34.4 Å². The van der Waals surface area contributed by atoms with E-state index in [1.165, 1.54) is 46.4 Å². The lowest BCUT2D eigenvalue weighted by molar-refractivity contribution is -0.685. The molecule has 0 spiro atoms. The quantitative estimate of drug-likeness (QED) is 0.401. The van der Waals surface area contributed by atoms with E-state index in [-0.39, 0.29) is 11.4 Å². The maximum atomic E-state index is 13.7. The Kier molecular flexibility index (Phi) is 5.99. The minimum Gasteiger partial charge on any atom is -0.337 e. The Hall–Kier alpha value is -2.68. The minimum absolute atomic E-state index is 0.00149. The number of hydrogen-bond acceptors (Lipinski definition) is 5. The van der Waals surface area contributed by atoms with Gasteiger partial charge in [0.15, 0.2) is 12.7 Å². The van der Waals surface area contributed by atoms with Crippen molar-refractivity contribution in [3.8, 4) is 0 Å². The third kappa shape index (κ3) is 4.07. The van der Waals surface area contributed by atoms with Crippen LogP contribution in [0.2, 0.25) is 0 Å². The molecule has 2 aromatic heterocycles. The summed E-state index contributed by atoms with van der Waals surface area (Å²) in [4.78, 5) is 16.2. The summed E-state index contributed by atoms with van der Waals surface area (Å²) in [6, 6.07) is 13.2. The van der Waals surface area contributed by atoms with Crippen molar-refractivity contribution in [3.63, 3.8) is 0 Å². The molecule has 3 heterocycles. The number of nitrogens with zero attached hydrogens (tertiary/aromatic N) is 3. The van der Waals surface area contributed by atoms with Crippen molar-refractivity contribution in [2.75, 3.05) is 11.9 Å². The highest BCUT2D eigenvalue weighted by Gasteiger charge is 2.25. The van der Waals surface area contributed by atoms with E-state index in [1.807, 2.05) is 23.4 Å². The van der Waals surface area contributed by atoms with E-state index in [0.717, 1.165) is 31.8 Å². The Morgan fingerprint density at radius 3 is 2.79 bits per heavy atom. The summed E-state index contributed by atoms with van der Waals surface area (Å²) < 4.78 is 19.4. The fraction of sp³-hybridized carbons (Fsp3) is 0.200. The number of thioether (sulfide) groups is 1. The zero-order chi connectivity index (χ0) is 23.1. The van der Waals surface area contributed by atoms with Crippen LogP contribution in [-0.4, -0.2) is 11.6 Å². The van der Waals surface area contributed by atoms with Crippen LogP contribution in [0.1, 0.15) is 23.1 Å². The van der Waals surface area contributed by atoms with E-state index in [0.29, 0.717) is 11.1 Å². The number of aryl methyl sites for hydroxylation is 1. The Morgan fingerprint density at radius 2 is 2.00 bits per heavy atom. The lowest BCUT2D eigenvalue weighted by Crippen LogP contribution is -2.36. The van der Waals surface area contributed by atoms with E-state index in [1.54, 1.807) is 17.4 Å². The fourth-order valence-electron chi connectivity index (χ4n) is 3.93. The number of benzene rings is 2. The molecule has 8 heteroatoms. The van der Waals surface area contributed by atoms with E-state index in [4.69, 9.17) is 0 Å². The Labute approximate surface area is 203 Å². The van der Waals surface area contributed by atoms with Crippen LogP contribution in [0.25, 0.3) is 11.1 Å². The third-order valence-electron chi connectivity index (χ3n) is 5.78.